The molecule has 26 heavy (non-hydrogen) atoms. The molecule has 3 rings (SSSR count). The molecule has 0 radical (unpaired) electrons. The summed E-state index contributed by atoms with van der Waals surface area (Å²) in [5.74, 6) is 0.836. The van der Waals surface area contributed by atoms with Crippen LogP contribution in [-0.2, 0) is 4.74 Å². The minimum Gasteiger partial charge on any atom is -0.465 e. The van der Waals surface area contributed by atoms with Gasteiger partial charge in [0.1, 0.15) is 0 Å². The molecule has 9 heteroatoms. The van der Waals surface area contributed by atoms with E-state index in [-0.39, 0.29) is 22.8 Å². The van der Waals surface area contributed by atoms with E-state index in [1.54, 1.807) is 6.20 Å². The highest BCUT2D eigenvalue weighted by molar-refractivity contribution is 6.28. The molecule has 2 aliphatic rings. The van der Waals surface area contributed by atoms with E-state index < -0.39 is 6.09 Å². The first-order valence-corrected chi connectivity index (χ1v) is 9.25. The van der Waals surface area contributed by atoms with E-state index in [0.29, 0.717) is 26.2 Å². The number of hydrogen-bond donors (Lipinski definition) is 2. The van der Waals surface area contributed by atoms with E-state index >= 15 is 0 Å². The van der Waals surface area contributed by atoms with Crippen LogP contribution in [0, 0.1) is 5.41 Å². The fourth-order valence-electron chi connectivity index (χ4n) is 3.59. The number of nitrogens with one attached hydrogen (secondary N) is 1. The van der Waals surface area contributed by atoms with Gasteiger partial charge >= 0.3 is 6.09 Å². The van der Waals surface area contributed by atoms with E-state index in [1.807, 2.05) is 20.8 Å². The number of carboxylic acid groups (broad SMARTS) is 1. The van der Waals surface area contributed by atoms with Crippen molar-refractivity contribution in [1.29, 1.82) is 0 Å². The van der Waals surface area contributed by atoms with Crippen LogP contribution < -0.4 is 15.1 Å². The van der Waals surface area contributed by atoms with Gasteiger partial charge in [-0.2, -0.15) is 4.98 Å². The lowest BCUT2D eigenvalue weighted by Gasteiger charge is -2.46. The Morgan fingerprint density at radius 2 is 2.31 bits per heavy atom. The van der Waals surface area contributed by atoms with Crippen LogP contribution in [0.2, 0.25) is 5.28 Å². The number of rotatable bonds is 4. The summed E-state index contributed by atoms with van der Waals surface area (Å²) in [4.78, 5) is 24.2. The highest BCUT2D eigenvalue weighted by Gasteiger charge is 2.35. The average molecular weight is 384 g/mol. The zero-order chi connectivity index (χ0) is 18.9. The van der Waals surface area contributed by atoms with Crippen molar-refractivity contribution >= 4 is 29.2 Å². The van der Waals surface area contributed by atoms with Crippen molar-refractivity contribution in [1.82, 2.24) is 15.3 Å². The van der Waals surface area contributed by atoms with Crippen molar-refractivity contribution in [3.63, 3.8) is 0 Å². The number of fused-ring (bicyclic) bond motifs is 3. The summed E-state index contributed by atoms with van der Waals surface area (Å²) in [6.45, 7) is 9.71. The van der Waals surface area contributed by atoms with E-state index in [9.17, 15) is 4.79 Å². The van der Waals surface area contributed by atoms with Gasteiger partial charge in [0.15, 0.2) is 5.82 Å². The second-order valence-electron chi connectivity index (χ2n) is 7.87. The summed E-state index contributed by atoms with van der Waals surface area (Å²) in [5.41, 5.74) is 0.767. The third-order valence-corrected chi connectivity index (χ3v) is 5.20. The molecule has 1 fully saturated rings. The molecular weight excluding hydrogens is 358 g/mol. The molecule has 0 bridgehead atoms. The summed E-state index contributed by atoms with van der Waals surface area (Å²) in [6, 6.07) is 0.0556. The monoisotopic (exact) mass is 383 g/mol. The Morgan fingerprint density at radius 1 is 1.54 bits per heavy atom. The summed E-state index contributed by atoms with van der Waals surface area (Å²) >= 11 is 6.03. The summed E-state index contributed by atoms with van der Waals surface area (Å²) < 4.78 is 5.63. The normalized spacial score (nSPS) is 21.0. The number of nitrogens with zero attached hydrogens (tertiary/aromatic N) is 4. The lowest BCUT2D eigenvalue weighted by atomic mass is 9.84. The second-order valence-corrected chi connectivity index (χ2v) is 8.21. The molecule has 1 unspecified atom stereocenters. The summed E-state index contributed by atoms with van der Waals surface area (Å²) in [5, 5.41) is 12.0. The maximum atomic E-state index is 11.1. The molecule has 2 N–H and O–H groups in total. The predicted octanol–water partition coefficient (Wildman–Crippen LogP) is 2.23. The van der Waals surface area contributed by atoms with Gasteiger partial charge in [0.05, 0.1) is 31.1 Å². The first-order valence-electron chi connectivity index (χ1n) is 8.87. The van der Waals surface area contributed by atoms with Gasteiger partial charge in [0.25, 0.3) is 0 Å². The Bertz CT molecular complexity index is 666. The van der Waals surface area contributed by atoms with Gasteiger partial charge in [-0.3, -0.25) is 0 Å². The fourth-order valence-corrected chi connectivity index (χ4v) is 3.71. The van der Waals surface area contributed by atoms with E-state index in [4.69, 9.17) is 21.4 Å². The van der Waals surface area contributed by atoms with E-state index in [1.165, 1.54) is 0 Å². The molecule has 0 saturated carbocycles. The highest BCUT2D eigenvalue weighted by atomic mass is 35.5. The minimum absolute atomic E-state index is 0.155. The molecular formula is C17H26ClN5O3. The topological polar surface area (TPSA) is 90.8 Å². The first kappa shape index (κ1) is 19.0. The zero-order valence-corrected chi connectivity index (χ0v) is 16.2. The van der Waals surface area contributed by atoms with Gasteiger partial charge in [0, 0.05) is 25.7 Å². The third-order valence-electron chi connectivity index (χ3n) is 5.02. The van der Waals surface area contributed by atoms with Crippen molar-refractivity contribution < 1.29 is 14.6 Å². The molecule has 2 aliphatic heterocycles. The quantitative estimate of drug-likeness (QED) is 0.770. The molecule has 144 valence electrons. The first-order chi connectivity index (χ1) is 12.3. The van der Waals surface area contributed by atoms with Crippen molar-refractivity contribution in [2.24, 2.45) is 5.41 Å². The number of hydrogen-bond acceptors (Lipinski definition) is 6. The summed E-state index contributed by atoms with van der Waals surface area (Å²) in [7, 11) is 0. The molecule has 1 amide bonds. The smallest absolute Gasteiger partial charge is 0.404 e. The number of halogens is 1. The number of morpholine rings is 1. The van der Waals surface area contributed by atoms with Crippen LogP contribution in [0.15, 0.2) is 6.20 Å². The van der Waals surface area contributed by atoms with Crippen LogP contribution in [0.3, 0.4) is 0 Å². The molecule has 1 saturated heterocycles. The van der Waals surface area contributed by atoms with Crippen LogP contribution in [-0.4, -0.2) is 66.1 Å². The minimum atomic E-state index is -0.994. The van der Waals surface area contributed by atoms with E-state index in [0.717, 1.165) is 24.6 Å². The van der Waals surface area contributed by atoms with Crippen molar-refractivity contribution in [3.05, 3.63) is 11.5 Å². The molecule has 8 nitrogen and oxygen atoms in total. The molecule has 0 aromatic carbocycles. The maximum Gasteiger partial charge on any atom is 0.404 e. The summed E-state index contributed by atoms with van der Waals surface area (Å²) in [6.07, 6.45) is 1.45. The molecule has 0 aliphatic carbocycles. The van der Waals surface area contributed by atoms with Gasteiger partial charge in [-0.05, 0) is 23.4 Å². The SMILES string of the molecule is CC(C)(C)C(CCN1C[C@@H]2COCCN2c2nc(Cl)ncc21)NC(=O)O. The maximum absolute atomic E-state index is 11.1. The van der Waals surface area contributed by atoms with Gasteiger partial charge in [-0.25, -0.2) is 9.78 Å². The molecule has 3 heterocycles. The lowest BCUT2D eigenvalue weighted by Crippen LogP contribution is -2.56. The average Bonchev–Trinajstić information content (AvgIpc) is 2.57. The van der Waals surface area contributed by atoms with Gasteiger partial charge in [-0.1, -0.05) is 20.8 Å². The highest BCUT2D eigenvalue weighted by Crippen LogP contribution is 2.35. The zero-order valence-electron chi connectivity index (χ0n) is 15.4. The predicted molar refractivity (Wildman–Crippen MR) is 100 cm³/mol. The Morgan fingerprint density at radius 3 is 3.00 bits per heavy atom. The number of carbonyl (C=O) groups is 1. The molecule has 1 aromatic rings. The largest absolute Gasteiger partial charge is 0.465 e. The number of aromatic nitrogens is 2. The number of amides is 1. The van der Waals surface area contributed by atoms with Gasteiger partial charge in [-0.15, -0.1) is 0 Å². The van der Waals surface area contributed by atoms with Crippen molar-refractivity contribution in [3.8, 4) is 0 Å². The number of anilines is 2. The Labute approximate surface area is 158 Å². The van der Waals surface area contributed by atoms with Crippen LogP contribution in [0.5, 0.6) is 0 Å². The number of ether oxygens (including phenoxy) is 1. The molecule has 0 spiro atoms. The molecule has 2 atom stereocenters. The van der Waals surface area contributed by atoms with Crippen molar-refractivity contribution in [2.45, 2.75) is 39.3 Å². The standard InChI is InChI=1S/C17H26ClN5O3/c1-17(2,3)13(20-16(24)25)4-5-22-9-11-10-26-7-6-23(11)14-12(22)8-19-15(18)21-14/h8,11,13,20H,4-7,9-10H2,1-3H3,(H,24,25)/t11-,13?/m1/s1. The van der Waals surface area contributed by atoms with Crippen LogP contribution >= 0.6 is 11.6 Å². The fraction of sp³-hybridized carbons (Fsp3) is 0.706. The third kappa shape index (κ3) is 4.12. The Kier molecular flexibility index (Phi) is 5.43. The Balaban J connectivity index is 1.80. The van der Waals surface area contributed by atoms with Gasteiger partial charge < -0.3 is 25.0 Å². The molecule has 1 aromatic heterocycles. The lowest BCUT2D eigenvalue weighted by molar-refractivity contribution is 0.0935. The van der Waals surface area contributed by atoms with Gasteiger partial charge in [0.2, 0.25) is 5.28 Å². The van der Waals surface area contributed by atoms with Crippen LogP contribution in [0.25, 0.3) is 0 Å². The van der Waals surface area contributed by atoms with Crippen LogP contribution in [0.4, 0.5) is 16.3 Å². The second kappa shape index (κ2) is 7.44. The van der Waals surface area contributed by atoms with Crippen LogP contribution in [0.1, 0.15) is 27.2 Å². The van der Waals surface area contributed by atoms with Crippen molar-refractivity contribution in [2.75, 3.05) is 42.6 Å². The Hall–Kier alpha value is -1.80. The van der Waals surface area contributed by atoms with E-state index in [2.05, 4.69) is 25.1 Å².